The van der Waals surface area contributed by atoms with Gasteiger partial charge in [0.05, 0.1) is 22.3 Å². The molecule has 0 bridgehead atoms. The predicted octanol–water partition coefficient (Wildman–Crippen LogP) is 13.7. The second-order valence-electron chi connectivity index (χ2n) is 11.2. The van der Waals surface area contributed by atoms with Gasteiger partial charge < -0.3 is 0 Å². The molecule has 0 saturated heterocycles. The van der Waals surface area contributed by atoms with Crippen LogP contribution in [0.3, 0.4) is 0 Å². The standard InChI is InChI=1S/C31H14F18S2/c1-11-19(9-21(50-11)13-3-15(27(36,37)38)7-16(4-13)28(39,40)41)23-24(26(34,35)31(48,49)25(23,32)33)20-10-22(51-12(20)2)14-5-17(29(42,43)44)8-18(6-14)30(45,46)47/h3-10H,1-2H3. The van der Waals surface area contributed by atoms with E-state index in [1.807, 2.05) is 0 Å². The zero-order valence-corrected chi connectivity index (χ0v) is 26.4. The van der Waals surface area contributed by atoms with Gasteiger partial charge in [0.25, 0.3) is 0 Å². The molecule has 5 rings (SSSR count). The Hall–Kier alpha value is -3.68. The van der Waals surface area contributed by atoms with Crippen molar-refractivity contribution in [2.24, 2.45) is 0 Å². The summed E-state index contributed by atoms with van der Waals surface area (Å²) in [7, 11) is 0. The summed E-state index contributed by atoms with van der Waals surface area (Å²) in [4.78, 5) is -2.41. The molecule has 1 aliphatic carbocycles. The maximum Gasteiger partial charge on any atom is 0.416 e. The lowest BCUT2D eigenvalue weighted by Crippen LogP contribution is -2.48. The van der Waals surface area contributed by atoms with Crippen molar-refractivity contribution in [3.05, 3.63) is 91.7 Å². The second kappa shape index (κ2) is 11.7. The van der Waals surface area contributed by atoms with Crippen LogP contribution in [0.25, 0.3) is 32.0 Å². The Kier molecular flexibility index (Phi) is 8.81. The number of hydrogen-bond acceptors (Lipinski definition) is 2. The molecule has 0 radical (unpaired) electrons. The lowest BCUT2D eigenvalue weighted by molar-refractivity contribution is -0.254. The topological polar surface area (TPSA) is 0 Å². The van der Waals surface area contributed by atoms with E-state index in [0.29, 0.717) is 12.1 Å². The first kappa shape index (κ1) is 38.5. The fraction of sp³-hybridized carbons (Fsp3) is 0.290. The highest BCUT2D eigenvalue weighted by atomic mass is 32.1. The van der Waals surface area contributed by atoms with Crippen LogP contribution in [0.5, 0.6) is 0 Å². The summed E-state index contributed by atoms with van der Waals surface area (Å²) in [6.45, 7) is 1.76. The van der Waals surface area contributed by atoms with Crippen LogP contribution in [0.1, 0.15) is 43.1 Å². The van der Waals surface area contributed by atoms with Crippen LogP contribution >= 0.6 is 22.7 Å². The molecule has 0 atom stereocenters. The van der Waals surface area contributed by atoms with E-state index >= 15 is 17.6 Å². The van der Waals surface area contributed by atoms with Crippen LogP contribution in [0.4, 0.5) is 79.0 Å². The van der Waals surface area contributed by atoms with Gasteiger partial charge >= 0.3 is 42.5 Å². The van der Waals surface area contributed by atoms with Crippen molar-refractivity contribution in [1.29, 1.82) is 0 Å². The molecule has 0 fully saturated rings. The van der Waals surface area contributed by atoms with E-state index in [4.69, 9.17) is 0 Å². The molecule has 0 spiro atoms. The first-order chi connectivity index (χ1) is 22.9. The molecule has 0 nitrogen and oxygen atoms in total. The van der Waals surface area contributed by atoms with Crippen molar-refractivity contribution in [3.63, 3.8) is 0 Å². The lowest BCUT2D eigenvalue weighted by Gasteiger charge is -2.25. The zero-order valence-electron chi connectivity index (χ0n) is 24.7. The van der Waals surface area contributed by atoms with Crippen molar-refractivity contribution in [1.82, 2.24) is 0 Å². The normalized spacial score (nSPS) is 17.8. The van der Waals surface area contributed by atoms with E-state index in [9.17, 15) is 61.5 Å². The molecular weight excluding hydrogens is 778 g/mol. The third kappa shape index (κ3) is 6.50. The molecule has 0 aliphatic heterocycles. The summed E-state index contributed by atoms with van der Waals surface area (Å²) in [5.74, 6) is -17.8. The third-order valence-corrected chi connectivity index (χ3v) is 9.98. The number of alkyl halides is 18. The highest BCUT2D eigenvalue weighted by molar-refractivity contribution is 7.16. The van der Waals surface area contributed by atoms with Gasteiger partial charge in [-0.3, -0.25) is 0 Å². The summed E-state index contributed by atoms with van der Waals surface area (Å²) in [5, 5.41) is 0. The third-order valence-electron chi connectivity index (χ3n) is 7.79. The summed E-state index contributed by atoms with van der Waals surface area (Å²) < 4.78 is 254. The van der Waals surface area contributed by atoms with Gasteiger partial charge in [-0.25, -0.2) is 0 Å². The van der Waals surface area contributed by atoms with Crippen molar-refractivity contribution >= 4 is 33.8 Å². The minimum Gasteiger partial charge on any atom is -0.194 e. The van der Waals surface area contributed by atoms with Crippen LogP contribution in [0, 0.1) is 13.8 Å². The minimum absolute atomic E-state index is 0.190. The molecule has 0 saturated carbocycles. The van der Waals surface area contributed by atoms with Gasteiger partial charge in [-0.1, -0.05) is 0 Å². The van der Waals surface area contributed by atoms with Gasteiger partial charge in [0.1, 0.15) is 0 Å². The van der Waals surface area contributed by atoms with Gasteiger partial charge in [0.2, 0.25) is 0 Å². The molecule has 2 aromatic carbocycles. The van der Waals surface area contributed by atoms with Crippen LogP contribution in [-0.4, -0.2) is 17.8 Å². The van der Waals surface area contributed by atoms with E-state index in [2.05, 4.69) is 0 Å². The number of benzene rings is 2. The average Bonchev–Trinajstić information content (AvgIpc) is 3.57. The maximum absolute atomic E-state index is 15.5. The van der Waals surface area contributed by atoms with Crippen molar-refractivity contribution in [2.75, 3.05) is 0 Å². The Morgan fingerprint density at radius 1 is 0.412 bits per heavy atom. The summed E-state index contributed by atoms with van der Waals surface area (Å²) in [6.07, 6.45) is -21.5. The van der Waals surface area contributed by atoms with Crippen LogP contribution in [-0.2, 0) is 24.7 Å². The molecule has 0 unspecified atom stereocenters. The van der Waals surface area contributed by atoms with E-state index < -0.39 is 118 Å². The van der Waals surface area contributed by atoms with E-state index in [1.54, 1.807) is 0 Å². The molecule has 0 amide bonds. The number of rotatable bonds is 4. The molecule has 4 aromatic rings. The Labute approximate surface area is 281 Å². The van der Waals surface area contributed by atoms with Gasteiger partial charge in [0.15, 0.2) is 0 Å². The summed E-state index contributed by atoms with van der Waals surface area (Å²) in [6, 6.07) is 1.09. The second-order valence-corrected chi connectivity index (χ2v) is 13.7. The fourth-order valence-electron chi connectivity index (χ4n) is 5.37. The quantitative estimate of drug-likeness (QED) is 0.181. The molecule has 1 aliphatic rings. The highest BCUT2D eigenvalue weighted by Gasteiger charge is 2.80. The van der Waals surface area contributed by atoms with Crippen LogP contribution in [0.15, 0.2) is 48.5 Å². The Morgan fingerprint density at radius 2 is 0.667 bits per heavy atom. The fourth-order valence-corrected chi connectivity index (χ4v) is 7.40. The first-order valence-electron chi connectivity index (χ1n) is 13.6. The van der Waals surface area contributed by atoms with Gasteiger partial charge in [-0.15, -0.1) is 22.7 Å². The number of hydrogen-bond donors (Lipinski definition) is 0. The highest BCUT2D eigenvalue weighted by Crippen LogP contribution is 2.66. The monoisotopic (exact) mass is 792 g/mol. The molecule has 2 aromatic heterocycles. The smallest absolute Gasteiger partial charge is 0.194 e. The number of halogens is 18. The number of allylic oxidation sites excluding steroid dienone is 2. The average molecular weight is 793 g/mol. The minimum atomic E-state index is -6.23. The molecule has 0 N–H and O–H groups in total. The Bertz CT molecular complexity index is 1840. The van der Waals surface area contributed by atoms with Crippen molar-refractivity contribution in [3.8, 4) is 20.9 Å². The summed E-state index contributed by atoms with van der Waals surface area (Å²) >= 11 is 0.406. The lowest BCUT2D eigenvalue weighted by atomic mass is 9.94. The molecule has 276 valence electrons. The zero-order chi connectivity index (χ0) is 38.7. The SMILES string of the molecule is Cc1sc(-c2cc(C(F)(F)F)cc(C(F)(F)F)c2)cc1C1=C(c2cc(-c3cc(C(F)(F)F)cc(C(F)(F)F)c3)sc2C)C(F)(F)C(F)(F)C1(F)F. The predicted molar refractivity (Wildman–Crippen MR) is 151 cm³/mol. The summed E-state index contributed by atoms with van der Waals surface area (Å²) in [5.41, 5.74) is -15.6. The molecule has 2 heterocycles. The van der Waals surface area contributed by atoms with E-state index in [0.717, 1.165) is 13.8 Å². The van der Waals surface area contributed by atoms with Crippen molar-refractivity contribution in [2.45, 2.75) is 56.3 Å². The van der Waals surface area contributed by atoms with Gasteiger partial charge in [0, 0.05) is 30.7 Å². The molecular formula is C31H14F18S2. The largest absolute Gasteiger partial charge is 0.416 e. The van der Waals surface area contributed by atoms with Crippen LogP contribution < -0.4 is 0 Å². The number of aryl methyl sites for hydroxylation is 2. The Balaban J connectivity index is 1.78. The van der Waals surface area contributed by atoms with Crippen molar-refractivity contribution < 1.29 is 79.0 Å². The maximum atomic E-state index is 15.5. The number of thiophene rings is 2. The Morgan fingerprint density at radius 3 is 0.902 bits per heavy atom. The van der Waals surface area contributed by atoms with E-state index in [1.165, 1.54) is 0 Å². The van der Waals surface area contributed by atoms with E-state index in [-0.39, 0.29) is 59.1 Å². The van der Waals surface area contributed by atoms with Gasteiger partial charge in [-0.2, -0.15) is 79.0 Å². The van der Waals surface area contributed by atoms with Gasteiger partial charge in [-0.05, 0) is 84.6 Å². The van der Waals surface area contributed by atoms with Crippen LogP contribution in [0.2, 0.25) is 0 Å². The molecule has 20 heteroatoms. The molecule has 51 heavy (non-hydrogen) atoms. The first-order valence-corrected chi connectivity index (χ1v) is 15.2.